The van der Waals surface area contributed by atoms with Gasteiger partial charge in [-0.2, -0.15) is 9.40 Å². The number of nitrogens with zero attached hydrogens (tertiary/aromatic N) is 3. The van der Waals surface area contributed by atoms with E-state index in [1.807, 2.05) is 26.0 Å². The van der Waals surface area contributed by atoms with Gasteiger partial charge in [-0.1, -0.05) is 13.8 Å². The first-order valence-corrected chi connectivity index (χ1v) is 17.1. The van der Waals surface area contributed by atoms with Crippen LogP contribution in [-0.2, 0) is 26.7 Å². The van der Waals surface area contributed by atoms with Gasteiger partial charge >= 0.3 is 0 Å². The van der Waals surface area contributed by atoms with E-state index in [4.69, 9.17) is 4.74 Å². The molecular weight excluding hydrogens is 616 g/mol. The number of carbonyl (C=O) groups is 1. The molecule has 0 atom stereocenters. The summed E-state index contributed by atoms with van der Waals surface area (Å²) in [6.07, 6.45) is 3.69. The molecule has 6 rings (SSSR count). The van der Waals surface area contributed by atoms with Gasteiger partial charge in [0, 0.05) is 72.5 Å². The van der Waals surface area contributed by atoms with Crippen LogP contribution < -0.4 is 16.0 Å². The number of likely N-dealkylation sites (tertiary alicyclic amines) is 1. The minimum atomic E-state index is -4.27. The van der Waals surface area contributed by atoms with Gasteiger partial charge < -0.3 is 25.6 Å². The molecule has 4 N–H and O–H groups in total. The first-order chi connectivity index (χ1) is 21.9. The van der Waals surface area contributed by atoms with Crippen LogP contribution in [0, 0.1) is 11.6 Å². The largest absolute Gasteiger partial charge is 0.382 e. The molecule has 3 aliphatic rings. The zero-order valence-electron chi connectivity index (χ0n) is 26.3. The lowest BCUT2D eigenvalue weighted by molar-refractivity contribution is 0.0904. The van der Waals surface area contributed by atoms with E-state index in [1.54, 1.807) is 6.07 Å². The van der Waals surface area contributed by atoms with Crippen LogP contribution in [-0.4, -0.2) is 85.7 Å². The molecule has 4 heterocycles. The molecule has 1 amide bonds. The Hall–Kier alpha value is -3.59. The van der Waals surface area contributed by atoms with Crippen LogP contribution in [0.25, 0.3) is 0 Å². The molecule has 0 radical (unpaired) electrons. The molecule has 2 aromatic carbocycles. The molecular formula is C32H41F2N7O4S. The fourth-order valence-corrected chi connectivity index (χ4v) is 8.12. The lowest BCUT2D eigenvalue weighted by Crippen LogP contribution is -2.45. The van der Waals surface area contributed by atoms with E-state index in [0.717, 1.165) is 60.9 Å². The number of benzene rings is 2. The normalized spacial score (nSPS) is 19.8. The molecule has 248 valence electrons. The Bertz CT molecular complexity index is 1680. The molecule has 0 unspecified atom stereocenters. The van der Waals surface area contributed by atoms with Crippen LogP contribution in [0.5, 0.6) is 0 Å². The molecule has 0 spiro atoms. The van der Waals surface area contributed by atoms with Gasteiger partial charge in [0.2, 0.25) is 10.0 Å². The standard InChI is InChI=1S/C32H41F2N7O4S/c1-32(2)19-41(46(43,44)25-15-20(33)14-21(34)16-25)18-27-29(32)38-39-30(27)37-31(42)26-5-4-24(35-22-6-10-40(3)11-7-22)17-28(26)36-23-8-12-45-13-9-23/h4-5,14-17,22-23,35-36H,6-13,18-19H2,1-3H3,(H2,37,38,39,42). The number of rotatable bonds is 8. The van der Waals surface area contributed by atoms with Crippen molar-refractivity contribution in [2.75, 3.05) is 55.8 Å². The van der Waals surface area contributed by atoms with E-state index >= 15 is 0 Å². The van der Waals surface area contributed by atoms with Crippen molar-refractivity contribution >= 4 is 33.1 Å². The van der Waals surface area contributed by atoms with Gasteiger partial charge in [0.1, 0.15) is 11.6 Å². The first kappa shape index (κ1) is 32.4. The number of hydrogen-bond acceptors (Lipinski definition) is 8. The fraction of sp³-hybridized carbons (Fsp3) is 0.500. The van der Waals surface area contributed by atoms with Crippen LogP contribution in [0.15, 0.2) is 41.3 Å². The predicted octanol–water partition coefficient (Wildman–Crippen LogP) is 4.52. The molecule has 2 saturated heterocycles. The van der Waals surface area contributed by atoms with Crippen molar-refractivity contribution in [2.45, 2.75) is 68.5 Å². The molecule has 1 aromatic heterocycles. The zero-order chi connectivity index (χ0) is 32.6. The smallest absolute Gasteiger partial charge is 0.258 e. The number of sulfonamides is 1. The number of piperidine rings is 1. The van der Waals surface area contributed by atoms with Gasteiger partial charge in [0.15, 0.2) is 5.82 Å². The number of amides is 1. The van der Waals surface area contributed by atoms with Crippen LogP contribution in [0.1, 0.15) is 61.1 Å². The molecule has 3 aliphatic heterocycles. The number of carbonyl (C=O) groups excluding carboxylic acids is 1. The highest BCUT2D eigenvalue weighted by atomic mass is 32.2. The molecule has 14 heteroatoms. The van der Waals surface area contributed by atoms with E-state index in [-0.39, 0.29) is 24.9 Å². The van der Waals surface area contributed by atoms with Crippen LogP contribution >= 0.6 is 0 Å². The van der Waals surface area contributed by atoms with E-state index in [9.17, 15) is 22.0 Å². The second-order valence-corrected chi connectivity index (χ2v) is 15.1. The third-order valence-electron chi connectivity index (χ3n) is 9.09. The van der Waals surface area contributed by atoms with Gasteiger partial charge in [-0.25, -0.2) is 17.2 Å². The molecule has 2 fully saturated rings. The molecule has 0 bridgehead atoms. The molecule has 3 aromatic rings. The highest BCUT2D eigenvalue weighted by Crippen LogP contribution is 2.38. The monoisotopic (exact) mass is 657 g/mol. The predicted molar refractivity (Wildman–Crippen MR) is 172 cm³/mol. The third kappa shape index (κ3) is 6.89. The van der Waals surface area contributed by atoms with Crippen molar-refractivity contribution in [3.05, 3.63) is 64.9 Å². The number of fused-ring (bicyclic) bond motifs is 1. The summed E-state index contributed by atoms with van der Waals surface area (Å²) in [6, 6.07) is 8.37. The summed E-state index contributed by atoms with van der Waals surface area (Å²) in [4.78, 5) is 15.7. The van der Waals surface area contributed by atoms with Crippen molar-refractivity contribution in [1.82, 2.24) is 19.4 Å². The lowest BCUT2D eigenvalue weighted by atomic mass is 9.84. The van der Waals surface area contributed by atoms with Crippen molar-refractivity contribution in [1.29, 1.82) is 0 Å². The van der Waals surface area contributed by atoms with E-state index in [1.165, 1.54) is 0 Å². The first-order valence-electron chi connectivity index (χ1n) is 15.7. The number of anilines is 3. The second kappa shape index (κ2) is 12.9. The average molecular weight is 658 g/mol. The van der Waals surface area contributed by atoms with Crippen LogP contribution in [0.2, 0.25) is 0 Å². The maximum Gasteiger partial charge on any atom is 0.258 e. The van der Waals surface area contributed by atoms with Crippen LogP contribution in [0.3, 0.4) is 0 Å². The summed E-state index contributed by atoms with van der Waals surface area (Å²) in [5.41, 5.74) is 2.47. The van der Waals surface area contributed by atoms with E-state index in [0.29, 0.717) is 47.8 Å². The second-order valence-electron chi connectivity index (χ2n) is 13.2. The minimum Gasteiger partial charge on any atom is -0.382 e. The minimum absolute atomic E-state index is 0.0426. The number of ether oxygens (including phenoxy) is 1. The quantitative estimate of drug-likeness (QED) is 0.278. The Labute approximate surface area is 268 Å². The summed E-state index contributed by atoms with van der Waals surface area (Å²) in [5, 5.41) is 17.5. The number of H-pyrrole nitrogens is 1. The molecule has 46 heavy (non-hydrogen) atoms. The highest BCUT2D eigenvalue weighted by Gasteiger charge is 2.41. The number of aromatic nitrogens is 2. The Kier molecular flexibility index (Phi) is 9.07. The summed E-state index contributed by atoms with van der Waals surface area (Å²) in [7, 11) is -2.15. The topological polar surface area (TPSA) is 132 Å². The summed E-state index contributed by atoms with van der Waals surface area (Å²) in [6.45, 7) is 6.92. The Balaban J connectivity index is 1.26. The third-order valence-corrected chi connectivity index (χ3v) is 10.9. The van der Waals surface area contributed by atoms with Crippen molar-refractivity contribution in [2.24, 2.45) is 0 Å². The summed E-state index contributed by atoms with van der Waals surface area (Å²) in [5.74, 6) is -2.17. The maximum atomic E-state index is 14.0. The van der Waals surface area contributed by atoms with Crippen molar-refractivity contribution in [3.8, 4) is 0 Å². The van der Waals surface area contributed by atoms with Gasteiger partial charge in [0.25, 0.3) is 5.91 Å². The SMILES string of the molecule is CN1CCC(Nc2ccc(C(=O)Nc3n[nH]c4c3CN(S(=O)(=O)c3cc(F)cc(F)c3)CC4(C)C)c(NC3CCOCC3)c2)CC1. The summed E-state index contributed by atoms with van der Waals surface area (Å²) >= 11 is 0. The number of hydrogen-bond donors (Lipinski definition) is 4. The van der Waals surface area contributed by atoms with Gasteiger partial charge in [-0.05, 0) is 76.2 Å². The Morgan fingerprint density at radius 1 is 1.00 bits per heavy atom. The number of halogens is 2. The van der Waals surface area contributed by atoms with Gasteiger partial charge in [-0.3, -0.25) is 9.89 Å². The molecule has 0 aliphatic carbocycles. The zero-order valence-corrected chi connectivity index (χ0v) is 27.1. The Morgan fingerprint density at radius 2 is 1.67 bits per heavy atom. The van der Waals surface area contributed by atoms with Gasteiger partial charge in [0.05, 0.1) is 10.5 Å². The highest BCUT2D eigenvalue weighted by molar-refractivity contribution is 7.89. The number of nitrogens with one attached hydrogen (secondary N) is 4. The van der Waals surface area contributed by atoms with E-state index < -0.39 is 37.9 Å². The van der Waals surface area contributed by atoms with E-state index in [2.05, 4.69) is 38.1 Å². The molecule has 11 nitrogen and oxygen atoms in total. The number of aromatic amines is 1. The Morgan fingerprint density at radius 3 is 2.37 bits per heavy atom. The maximum absolute atomic E-state index is 14.0. The van der Waals surface area contributed by atoms with Crippen molar-refractivity contribution < 1.29 is 26.7 Å². The average Bonchev–Trinajstić information content (AvgIpc) is 3.41. The summed E-state index contributed by atoms with van der Waals surface area (Å²) < 4.78 is 61.7. The lowest BCUT2D eigenvalue weighted by Gasteiger charge is -2.36. The fourth-order valence-electron chi connectivity index (χ4n) is 6.51. The van der Waals surface area contributed by atoms with Gasteiger partial charge in [-0.15, -0.1) is 0 Å². The van der Waals surface area contributed by atoms with Crippen molar-refractivity contribution in [3.63, 3.8) is 0 Å². The van der Waals surface area contributed by atoms with Crippen LogP contribution in [0.4, 0.5) is 26.0 Å². The molecule has 0 saturated carbocycles.